The van der Waals surface area contributed by atoms with E-state index in [2.05, 4.69) is 171 Å². The van der Waals surface area contributed by atoms with Crippen molar-refractivity contribution in [2.45, 2.75) is 33.1 Å². The fourth-order valence-corrected chi connectivity index (χ4v) is 10.7. The molecule has 7 aromatic carbocycles. The molecule has 5 aliphatic rings. The Hall–Kier alpha value is -6.90. The van der Waals surface area contributed by atoms with Crippen molar-refractivity contribution in [1.82, 2.24) is 0 Å². The number of benzene rings is 7. The van der Waals surface area contributed by atoms with Crippen LogP contribution in [-0.4, -0.2) is 0 Å². The second kappa shape index (κ2) is 12.0. The van der Waals surface area contributed by atoms with Gasteiger partial charge in [-0.25, -0.2) is 0 Å². The Morgan fingerprint density at radius 2 is 1.18 bits per heavy atom. The third-order valence-electron chi connectivity index (χ3n) is 13.1. The van der Waals surface area contributed by atoms with Crippen LogP contribution in [0.25, 0.3) is 84.0 Å². The summed E-state index contributed by atoms with van der Waals surface area (Å²) in [5.74, 6) is 0. The van der Waals surface area contributed by atoms with Crippen molar-refractivity contribution in [3.63, 3.8) is 0 Å². The summed E-state index contributed by atoms with van der Waals surface area (Å²) in [6.07, 6.45) is 7.42. The summed E-state index contributed by atoms with van der Waals surface area (Å²) in [6, 6.07) is 52.0. The summed E-state index contributed by atoms with van der Waals surface area (Å²) < 4.78 is 0. The highest BCUT2D eigenvalue weighted by Gasteiger charge is 2.39. The summed E-state index contributed by atoms with van der Waals surface area (Å²) in [5, 5.41) is 4.18. The lowest BCUT2D eigenvalue weighted by Gasteiger charge is -2.30. The molecule has 8 bridgehead atoms. The van der Waals surface area contributed by atoms with Gasteiger partial charge in [0.25, 0.3) is 0 Å². The van der Waals surface area contributed by atoms with Crippen LogP contribution < -0.4 is 11.1 Å². The molecule has 0 saturated carbocycles. The zero-order valence-corrected chi connectivity index (χ0v) is 32.1. The van der Waals surface area contributed by atoms with Crippen LogP contribution >= 0.6 is 0 Å². The van der Waals surface area contributed by atoms with Crippen molar-refractivity contribution in [1.29, 1.82) is 0 Å². The molecular weight excluding hydrogens is 689 g/mol. The van der Waals surface area contributed by atoms with E-state index in [0.29, 0.717) is 0 Å². The molecule has 57 heavy (non-hydrogen) atoms. The fourth-order valence-electron chi connectivity index (χ4n) is 10.7. The van der Waals surface area contributed by atoms with E-state index in [4.69, 9.17) is 5.73 Å². The molecule has 12 rings (SSSR count). The summed E-state index contributed by atoms with van der Waals surface area (Å²) in [6.45, 7) is 4.70. The van der Waals surface area contributed by atoms with Crippen molar-refractivity contribution < 1.29 is 0 Å². The van der Waals surface area contributed by atoms with Gasteiger partial charge in [-0.3, -0.25) is 0 Å². The smallest absolute Gasteiger partial charge is 0.0542 e. The number of hydrogen-bond donors (Lipinski definition) is 2. The maximum Gasteiger partial charge on any atom is 0.0542 e. The first kappa shape index (κ1) is 32.4. The predicted octanol–water partition coefficient (Wildman–Crippen LogP) is 14.0. The van der Waals surface area contributed by atoms with Gasteiger partial charge in [0.1, 0.15) is 0 Å². The van der Waals surface area contributed by atoms with E-state index in [1.54, 1.807) is 0 Å². The number of nitrogens with one attached hydrogen (secondary N) is 1. The first-order chi connectivity index (χ1) is 28.0. The van der Waals surface area contributed by atoms with Crippen molar-refractivity contribution in [3.05, 3.63) is 196 Å². The van der Waals surface area contributed by atoms with Gasteiger partial charge in [-0.1, -0.05) is 121 Å². The van der Waals surface area contributed by atoms with Crippen LogP contribution in [0.15, 0.2) is 157 Å². The molecule has 0 amide bonds. The van der Waals surface area contributed by atoms with Gasteiger partial charge in [-0.2, -0.15) is 0 Å². The average Bonchev–Trinajstić information content (AvgIpc) is 3.57. The molecule has 0 aromatic heterocycles. The Labute approximate surface area is 334 Å². The number of nitrogen functional groups attached to an aromatic ring is 1. The maximum absolute atomic E-state index is 7.16. The van der Waals surface area contributed by atoms with E-state index < -0.39 is 0 Å². The molecule has 0 spiro atoms. The number of hydrogen-bond acceptors (Lipinski definition) is 2. The summed E-state index contributed by atoms with van der Waals surface area (Å²) >= 11 is 0. The molecule has 1 heterocycles. The largest absolute Gasteiger partial charge is 0.398 e. The number of rotatable bonds is 3. The molecule has 0 saturated heterocycles. The first-order valence-electron chi connectivity index (χ1n) is 20.2. The monoisotopic (exact) mass is 728 g/mol. The average molecular weight is 729 g/mol. The van der Waals surface area contributed by atoms with E-state index >= 15 is 0 Å². The Morgan fingerprint density at radius 3 is 1.96 bits per heavy atom. The molecule has 270 valence electrons. The predicted molar refractivity (Wildman–Crippen MR) is 241 cm³/mol. The number of fused-ring (bicyclic) bond motifs is 5. The van der Waals surface area contributed by atoms with Crippen LogP contribution in [0.2, 0.25) is 0 Å². The van der Waals surface area contributed by atoms with Crippen LogP contribution in [0.4, 0.5) is 11.4 Å². The highest BCUT2D eigenvalue weighted by Crippen LogP contribution is 2.61. The molecule has 3 N–H and O–H groups in total. The Bertz CT molecular complexity index is 3060. The van der Waals surface area contributed by atoms with Crippen molar-refractivity contribution >= 4 is 39.7 Å². The second-order valence-electron chi connectivity index (χ2n) is 16.2. The lowest BCUT2D eigenvalue weighted by Crippen LogP contribution is -2.11. The second-order valence-corrected chi connectivity index (χ2v) is 16.2. The summed E-state index contributed by atoms with van der Waals surface area (Å²) in [4.78, 5) is 0. The molecular formula is C55H40N2. The van der Waals surface area contributed by atoms with E-state index in [1.807, 2.05) is 0 Å². The molecule has 0 fully saturated rings. The molecule has 2 nitrogen and oxygen atoms in total. The van der Waals surface area contributed by atoms with Crippen LogP contribution in [0.5, 0.6) is 0 Å². The van der Waals surface area contributed by atoms with E-state index in [1.165, 1.54) is 123 Å². The van der Waals surface area contributed by atoms with Gasteiger partial charge in [0.05, 0.1) is 5.69 Å². The number of allylic oxidation sites excluding steroid dienone is 7. The Balaban J connectivity index is 1.32. The zero-order valence-electron chi connectivity index (χ0n) is 32.1. The number of nitrogens with two attached hydrogens (primary N) is 1. The van der Waals surface area contributed by atoms with Gasteiger partial charge in [0.15, 0.2) is 0 Å². The van der Waals surface area contributed by atoms with Gasteiger partial charge < -0.3 is 11.1 Å². The standard InChI is InChI=1S/C55H40N2/c1-31-49-43-27-37(33-14-5-3-6-15-33)29-45(49)51-32(2)57-55-44(43)28-38(34-16-7-4-8-17-34)30-47(55)52-41(50(31)54-40-21-12-10-19-36(40)26-46(51)54)22-13-23-42(52)53-39-20-11-9-18-35(39)24-25-48(53)56/h3-10,12-19,21-25,27-30,57H,11,20,26,56H2,1-2H3/b51-32+. The minimum Gasteiger partial charge on any atom is -0.398 e. The molecule has 1 aliphatic heterocycles. The SMILES string of the molecule is CC1=C2C3=C(Cc4ccccc43)/C3=C(\C)Nc4c(cc(-c5ccccc5)cc4-c4c2cccc4-c2c(N)ccc4c2CCC=C4)-c2cc(-c4ccccc4)cc3c21. The van der Waals surface area contributed by atoms with Crippen LogP contribution in [0, 0.1) is 0 Å². The minimum atomic E-state index is 0.826. The maximum atomic E-state index is 7.16. The third-order valence-corrected chi connectivity index (χ3v) is 13.1. The van der Waals surface area contributed by atoms with Crippen LogP contribution in [0.1, 0.15) is 59.2 Å². The van der Waals surface area contributed by atoms with Gasteiger partial charge >= 0.3 is 0 Å². The molecule has 7 aromatic rings. The zero-order chi connectivity index (χ0) is 37.9. The van der Waals surface area contributed by atoms with Crippen molar-refractivity contribution in [3.8, 4) is 55.6 Å². The topological polar surface area (TPSA) is 38.0 Å². The molecule has 0 radical (unpaired) electrons. The minimum absolute atomic E-state index is 0.826. The quantitative estimate of drug-likeness (QED) is 0.178. The highest BCUT2D eigenvalue weighted by molar-refractivity contribution is 6.27. The summed E-state index contributed by atoms with van der Waals surface area (Å²) in [5.41, 5.74) is 38.3. The Kier molecular flexibility index (Phi) is 6.84. The van der Waals surface area contributed by atoms with Gasteiger partial charge in [0.2, 0.25) is 0 Å². The van der Waals surface area contributed by atoms with Crippen LogP contribution in [-0.2, 0) is 12.8 Å². The van der Waals surface area contributed by atoms with Gasteiger partial charge in [-0.05, 0) is 164 Å². The molecule has 4 aliphatic carbocycles. The van der Waals surface area contributed by atoms with Crippen molar-refractivity contribution in [2.75, 3.05) is 11.1 Å². The molecule has 2 heteroatoms. The molecule has 0 unspecified atom stereocenters. The summed E-state index contributed by atoms with van der Waals surface area (Å²) in [7, 11) is 0. The van der Waals surface area contributed by atoms with Gasteiger partial charge in [0, 0.05) is 33.6 Å². The fraction of sp³-hybridized carbons (Fsp3) is 0.0909. The lowest BCUT2D eigenvalue weighted by atomic mass is 9.78. The molecule has 0 atom stereocenters. The van der Waals surface area contributed by atoms with E-state index in [9.17, 15) is 0 Å². The Morgan fingerprint density at radius 1 is 0.509 bits per heavy atom. The normalized spacial score (nSPS) is 16.5. The first-order valence-corrected chi connectivity index (χ1v) is 20.2. The number of anilines is 2. The highest BCUT2D eigenvalue weighted by atomic mass is 14.9. The van der Waals surface area contributed by atoms with E-state index in [0.717, 1.165) is 36.2 Å². The van der Waals surface area contributed by atoms with Crippen molar-refractivity contribution in [2.24, 2.45) is 0 Å². The van der Waals surface area contributed by atoms with Crippen LogP contribution in [0.3, 0.4) is 0 Å². The third kappa shape index (κ3) is 4.59. The lowest BCUT2D eigenvalue weighted by molar-refractivity contribution is 0.989. The van der Waals surface area contributed by atoms with E-state index in [-0.39, 0.29) is 0 Å². The van der Waals surface area contributed by atoms with Gasteiger partial charge in [-0.15, -0.1) is 0 Å².